The highest BCUT2D eigenvalue weighted by Gasteiger charge is 2.26. The van der Waals surface area contributed by atoms with Gasteiger partial charge in [0.05, 0.1) is 10.4 Å². The first-order chi connectivity index (χ1) is 13.5. The molecule has 4 rings (SSSR count). The van der Waals surface area contributed by atoms with Crippen molar-refractivity contribution in [1.82, 2.24) is 3.97 Å². The van der Waals surface area contributed by atoms with E-state index < -0.39 is 15.8 Å². The zero-order valence-corrected chi connectivity index (χ0v) is 15.5. The van der Waals surface area contributed by atoms with Crippen molar-refractivity contribution in [2.45, 2.75) is 4.90 Å². The van der Waals surface area contributed by atoms with Crippen LogP contribution in [0.2, 0.25) is 0 Å². The van der Waals surface area contributed by atoms with Crippen LogP contribution in [0.4, 0.5) is 0 Å². The van der Waals surface area contributed by atoms with Crippen molar-refractivity contribution in [3.05, 3.63) is 102 Å². The van der Waals surface area contributed by atoms with Crippen molar-refractivity contribution in [2.24, 2.45) is 0 Å². The second-order valence-corrected chi connectivity index (χ2v) is 8.03. The summed E-state index contributed by atoms with van der Waals surface area (Å²) in [6.45, 7) is 0. The Bertz CT molecular complexity index is 1290. The molecule has 0 fully saturated rings. The van der Waals surface area contributed by atoms with E-state index in [-0.39, 0.29) is 10.6 Å². The van der Waals surface area contributed by atoms with Gasteiger partial charge in [0.2, 0.25) is 5.78 Å². The first kappa shape index (κ1) is 17.9. The van der Waals surface area contributed by atoms with Crippen molar-refractivity contribution in [3.63, 3.8) is 0 Å². The van der Waals surface area contributed by atoms with E-state index in [1.807, 2.05) is 0 Å². The first-order valence-electron chi connectivity index (χ1n) is 8.53. The molecular weight excluding hydrogens is 374 g/mol. The second kappa shape index (κ2) is 6.90. The van der Waals surface area contributed by atoms with Crippen molar-refractivity contribution >= 4 is 33.0 Å². The fourth-order valence-electron chi connectivity index (χ4n) is 3.11. The molecule has 0 N–H and O–H groups in total. The summed E-state index contributed by atoms with van der Waals surface area (Å²) in [7, 11) is -3.98. The monoisotopic (exact) mass is 389 g/mol. The van der Waals surface area contributed by atoms with E-state index >= 15 is 0 Å². The number of hydrogen-bond donors (Lipinski definition) is 0. The van der Waals surface area contributed by atoms with Crippen molar-refractivity contribution in [3.8, 4) is 0 Å². The van der Waals surface area contributed by atoms with Crippen LogP contribution in [-0.2, 0) is 10.0 Å². The molecule has 28 heavy (non-hydrogen) atoms. The number of carbonyl (C=O) groups excluding carboxylic acids is 2. The van der Waals surface area contributed by atoms with Crippen LogP contribution in [0.3, 0.4) is 0 Å². The van der Waals surface area contributed by atoms with Crippen LogP contribution in [0.15, 0.2) is 89.8 Å². The smallest absolute Gasteiger partial charge is 0.268 e. The molecule has 4 aromatic rings. The van der Waals surface area contributed by atoms with Gasteiger partial charge in [-0.25, -0.2) is 12.4 Å². The van der Waals surface area contributed by atoms with Crippen LogP contribution in [0.5, 0.6) is 0 Å². The number of nitrogens with zero attached hydrogens (tertiary/aromatic N) is 1. The number of hydrogen-bond acceptors (Lipinski definition) is 4. The van der Waals surface area contributed by atoms with E-state index in [1.54, 1.807) is 48.5 Å². The summed E-state index contributed by atoms with van der Waals surface area (Å²) in [5, 5.41) is 0.648. The fraction of sp³-hybridized carbons (Fsp3) is 0. The Morgan fingerprint density at radius 2 is 1.46 bits per heavy atom. The molecule has 0 bridgehead atoms. The second-order valence-electron chi connectivity index (χ2n) is 6.24. The van der Waals surface area contributed by atoms with Gasteiger partial charge in [0, 0.05) is 16.5 Å². The molecular formula is C22H15NO4S. The SMILES string of the molecule is O=Cc1ccc(C(=O)c2cc3ccccc3n2S(=O)(=O)c2ccccc2)cc1. The number of fused-ring (bicyclic) bond motifs is 1. The van der Waals surface area contributed by atoms with Gasteiger partial charge in [-0.1, -0.05) is 60.7 Å². The molecule has 5 nitrogen and oxygen atoms in total. The average molecular weight is 389 g/mol. The quantitative estimate of drug-likeness (QED) is 0.383. The third-order valence-electron chi connectivity index (χ3n) is 4.49. The molecule has 0 spiro atoms. The predicted octanol–water partition coefficient (Wildman–Crippen LogP) is 3.92. The minimum atomic E-state index is -3.98. The lowest BCUT2D eigenvalue weighted by Gasteiger charge is -2.11. The maximum absolute atomic E-state index is 13.3. The molecule has 0 saturated carbocycles. The average Bonchev–Trinajstić information content (AvgIpc) is 3.14. The van der Waals surface area contributed by atoms with Gasteiger partial charge in [-0.15, -0.1) is 0 Å². The Balaban J connectivity index is 1.95. The van der Waals surface area contributed by atoms with Crippen LogP contribution >= 0.6 is 0 Å². The van der Waals surface area contributed by atoms with Crippen molar-refractivity contribution in [2.75, 3.05) is 0 Å². The zero-order chi connectivity index (χ0) is 19.7. The minimum absolute atomic E-state index is 0.0453. The van der Waals surface area contributed by atoms with Crippen molar-refractivity contribution < 1.29 is 18.0 Å². The van der Waals surface area contributed by atoms with E-state index in [1.165, 1.54) is 36.4 Å². The molecule has 0 aliphatic heterocycles. The fourth-order valence-corrected chi connectivity index (χ4v) is 4.64. The van der Waals surface area contributed by atoms with Crippen molar-refractivity contribution in [1.29, 1.82) is 0 Å². The number of carbonyl (C=O) groups is 2. The summed E-state index contributed by atoms with van der Waals surface area (Å²) < 4.78 is 27.8. The molecule has 3 aromatic carbocycles. The van der Waals surface area contributed by atoms with Crippen LogP contribution in [0.1, 0.15) is 26.4 Å². The summed E-state index contributed by atoms with van der Waals surface area (Å²) in [5.74, 6) is -0.437. The number of aromatic nitrogens is 1. The molecule has 0 atom stereocenters. The molecule has 0 saturated heterocycles. The molecule has 0 amide bonds. The van der Waals surface area contributed by atoms with Gasteiger partial charge in [-0.3, -0.25) is 9.59 Å². The van der Waals surface area contributed by atoms with Gasteiger partial charge in [0.15, 0.2) is 0 Å². The third-order valence-corrected chi connectivity index (χ3v) is 6.23. The Morgan fingerprint density at radius 3 is 2.14 bits per heavy atom. The zero-order valence-electron chi connectivity index (χ0n) is 14.6. The summed E-state index contributed by atoms with van der Waals surface area (Å²) in [4.78, 5) is 24.1. The van der Waals surface area contributed by atoms with Gasteiger partial charge in [0.25, 0.3) is 10.0 Å². The molecule has 0 aliphatic rings. The van der Waals surface area contributed by atoms with Crippen LogP contribution < -0.4 is 0 Å². The van der Waals surface area contributed by atoms with Gasteiger partial charge >= 0.3 is 0 Å². The number of para-hydroxylation sites is 1. The summed E-state index contributed by atoms with van der Waals surface area (Å²) >= 11 is 0. The lowest BCUT2D eigenvalue weighted by atomic mass is 10.1. The van der Waals surface area contributed by atoms with Gasteiger partial charge in [-0.2, -0.15) is 0 Å². The molecule has 0 radical (unpaired) electrons. The Kier molecular flexibility index (Phi) is 4.41. The van der Waals surface area contributed by atoms with Gasteiger partial charge < -0.3 is 0 Å². The third kappa shape index (κ3) is 2.93. The Morgan fingerprint density at radius 1 is 0.821 bits per heavy atom. The van der Waals surface area contributed by atoms with Gasteiger partial charge in [0.1, 0.15) is 12.0 Å². The topological polar surface area (TPSA) is 73.2 Å². The molecule has 6 heteroatoms. The molecule has 138 valence electrons. The van der Waals surface area contributed by atoms with E-state index in [4.69, 9.17) is 0 Å². The summed E-state index contributed by atoms with van der Waals surface area (Å²) in [6.07, 6.45) is 0.686. The summed E-state index contributed by atoms with van der Waals surface area (Å²) in [6, 6.07) is 22.6. The standard InChI is InChI=1S/C22H15NO4S/c24-15-16-10-12-17(13-11-16)22(25)21-14-18-6-4-5-9-20(18)23(21)28(26,27)19-7-2-1-3-8-19/h1-15H. The number of rotatable bonds is 5. The van der Waals surface area contributed by atoms with Crippen LogP contribution in [-0.4, -0.2) is 24.5 Å². The van der Waals surface area contributed by atoms with E-state index in [9.17, 15) is 18.0 Å². The van der Waals surface area contributed by atoms with Gasteiger partial charge in [-0.05, 0) is 24.3 Å². The molecule has 1 heterocycles. The van der Waals surface area contributed by atoms with E-state index in [0.717, 1.165) is 3.97 Å². The normalized spacial score (nSPS) is 11.4. The van der Waals surface area contributed by atoms with Crippen LogP contribution in [0, 0.1) is 0 Å². The Labute approximate surface area is 161 Å². The number of benzene rings is 3. The highest BCUT2D eigenvalue weighted by molar-refractivity contribution is 7.90. The largest absolute Gasteiger partial charge is 0.298 e. The lowest BCUT2D eigenvalue weighted by molar-refractivity contribution is 0.103. The molecule has 0 unspecified atom stereocenters. The van der Waals surface area contributed by atoms with Crippen LogP contribution in [0.25, 0.3) is 10.9 Å². The molecule has 1 aromatic heterocycles. The Hall–Kier alpha value is -3.51. The molecule has 0 aliphatic carbocycles. The maximum atomic E-state index is 13.3. The minimum Gasteiger partial charge on any atom is -0.298 e. The highest BCUT2D eigenvalue weighted by atomic mass is 32.2. The lowest BCUT2D eigenvalue weighted by Crippen LogP contribution is -2.19. The highest BCUT2D eigenvalue weighted by Crippen LogP contribution is 2.27. The number of ketones is 1. The maximum Gasteiger partial charge on any atom is 0.268 e. The number of aldehydes is 1. The van der Waals surface area contributed by atoms with E-state index in [0.29, 0.717) is 28.3 Å². The summed E-state index contributed by atoms with van der Waals surface area (Å²) in [5.41, 5.74) is 1.22. The predicted molar refractivity (Wildman–Crippen MR) is 106 cm³/mol. The van der Waals surface area contributed by atoms with E-state index in [2.05, 4.69) is 0 Å². The first-order valence-corrected chi connectivity index (χ1v) is 9.97.